The van der Waals surface area contributed by atoms with Gasteiger partial charge in [0, 0.05) is 30.8 Å². The van der Waals surface area contributed by atoms with E-state index in [1.807, 2.05) is 20.9 Å². The molecular formula is C14H23N3O2. The zero-order chi connectivity index (χ0) is 14.0. The van der Waals surface area contributed by atoms with Gasteiger partial charge in [-0.15, -0.1) is 0 Å². The van der Waals surface area contributed by atoms with Gasteiger partial charge in [0.15, 0.2) is 0 Å². The lowest BCUT2D eigenvalue weighted by molar-refractivity contribution is -0.130. The molecule has 2 atom stereocenters. The molecule has 1 heterocycles. The Bertz CT molecular complexity index is 436. The SMILES string of the molecule is Cc1n[nH]c(C)c1CC(=O)N(C)CC1CCCC1O. The average Bonchev–Trinajstić information content (AvgIpc) is 2.90. The van der Waals surface area contributed by atoms with Crippen LogP contribution in [0.5, 0.6) is 0 Å². The summed E-state index contributed by atoms with van der Waals surface area (Å²) >= 11 is 0. The van der Waals surface area contributed by atoms with E-state index in [2.05, 4.69) is 10.2 Å². The van der Waals surface area contributed by atoms with Crippen molar-refractivity contribution in [1.29, 1.82) is 0 Å². The number of likely N-dealkylation sites (N-methyl/N-ethyl adjacent to an activating group) is 1. The molecule has 1 aromatic heterocycles. The summed E-state index contributed by atoms with van der Waals surface area (Å²) in [7, 11) is 1.82. The molecule has 0 saturated heterocycles. The summed E-state index contributed by atoms with van der Waals surface area (Å²) in [4.78, 5) is 14.0. The number of hydrogen-bond donors (Lipinski definition) is 2. The minimum atomic E-state index is -0.243. The first-order chi connectivity index (χ1) is 8.99. The third-order valence-electron chi connectivity index (χ3n) is 4.16. The van der Waals surface area contributed by atoms with Crippen LogP contribution in [0.25, 0.3) is 0 Å². The van der Waals surface area contributed by atoms with E-state index in [1.54, 1.807) is 4.90 Å². The first kappa shape index (κ1) is 14.1. The number of carbonyl (C=O) groups is 1. The predicted molar refractivity (Wildman–Crippen MR) is 72.8 cm³/mol. The number of aromatic nitrogens is 2. The van der Waals surface area contributed by atoms with Crippen molar-refractivity contribution in [2.75, 3.05) is 13.6 Å². The predicted octanol–water partition coefficient (Wildman–Crippen LogP) is 1.19. The largest absolute Gasteiger partial charge is 0.393 e. The van der Waals surface area contributed by atoms with Gasteiger partial charge in [-0.2, -0.15) is 5.10 Å². The standard InChI is InChI=1S/C14H23N3O2/c1-9-12(10(2)16-15-9)7-14(19)17(3)8-11-5-4-6-13(11)18/h11,13,18H,4-8H2,1-3H3,(H,15,16). The Morgan fingerprint density at radius 1 is 1.47 bits per heavy atom. The molecule has 2 N–H and O–H groups in total. The number of nitrogens with zero attached hydrogens (tertiary/aromatic N) is 2. The third-order valence-corrected chi connectivity index (χ3v) is 4.16. The van der Waals surface area contributed by atoms with Gasteiger partial charge in [-0.1, -0.05) is 6.42 Å². The Kier molecular flexibility index (Phi) is 4.24. The Hall–Kier alpha value is -1.36. The number of H-pyrrole nitrogens is 1. The summed E-state index contributed by atoms with van der Waals surface area (Å²) in [5, 5.41) is 16.8. The summed E-state index contributed by atoms with van der Waals surface area (Å²) in [6.45, 7) is 4.49. The van der Waals surface area contributed by atoms with E-state index >= 15 is 0 Å². The molecule has 19 heavy (non-hydrogen) atoms. The van der Waals surface area contributed by atoms with Crippen LogP contribution in [-0.2, 0) is 11.2 Å². The molecule has 2 rings (SSSR count). The summed E-state index contributed by atoms with van der Waals surface area (Å²) in [5.41, 5.74) is 2.84. The molecule has 1 aromatic rings. The van der Waals surface area contributed by atoms with Crippen molar-refractivity contribution in [2.24, 2.45) is 5.92 Å². The van der Waals surface area contributed by atoms with E-state index in [0.717, 1.165) is 36.2 Å². The molecule has 1 fully saturated rings. The summed E-state index contributed by atoms with van der Waals surface area (Å²) in [5.74, 6) is 0.326. The molecule has 2 unspecified atom stereocenters. The van der Waals surface area contributed by atoms with E-state index in [-0.39, 0.29) is 17.9 Å². The minimum absolute atomic E-state index is 0.0895. The van der Waals surface area contributed by atoms with E-state index in [4.69, 9.17) is 0 Å². The number of amides is 1. The quantitative estimate of drug-likeness (QED) is 0.859. The maximum atomic E-state index is 12.2. The van der Waals surface area contributed by atoms with E-state index < -0.39 is 0 Å². The Balaban J connectivity index is 1.92. The number of aromatic amines is 1. The number of carbonyl (C=O) groups excluding carboxylic acids is 1. The Morgan fingerprint density at radius 3 is 2.74 bits per heavy atom. The first-order valence-corrected chi connectivity index (χ1v) is 6.91. The van der Waals surface area contributed by atoms with Gasteiger partial charge >= 0.3 is 0 Å². The highest BCUT2D eigenvalue weighted by molar-refractivity contribution is 5.79. The molecule has 5 heteroatoms. The van der Waals surface area contributed by atoms with Gasteiger partial charge in [0.2, 0.25) is 5.91 Å². The summed E-state index contributed by atoms with van der Waals surface area (Å²) < 4.78 is 0. The Labute approximate surface area is 114 Å². The normalized spacial score (nSPS) is 22.7. The van der Waals surface area contributed by atoms with Gasteiger partial charge in [-0.05, 0) is 26.7 Å². The lowest BCUT2D eigenvalue weighted by Gasteiger charge is -2.23. The smallest absolute Gasteiger partial charge is 0.226 e. The monoisotopic (exact) mass is 265 g/mol. The maximum Gasteiger partial charge on any atom is 0.226 e. The highest BCUT2D eigenvalue weighted by Crippen LogP contribution is 2.26. The summed E-state index contributed by atoms with van der Waals surface area (Å²) in [6.07, 6.45) is 3.09. The molecule has 106 valence electrons. The van der Waals surface area contributed by atoms with Crippen LogP contribution in [0, 0.1) is 19.8 Å². The van der Waals surface area contributed by atoms with Gasteiger partial charge in [0.25, 0.3) is 0 Å². The van der Waals surface area contributed by atoms with E-state index in [1.165, 1.54) is 0 Å². The minimum Gasteiger partial charge on any atom is -0.393 e. The molecule has 1 saturated carbocycles. The van der Waals surface area contributed by atoms with Gasteiger partial charge in [0.1, 0.15) is 0 Å². The van der Waals surface area contributed by atoms with Gasteiger partial charge in [-0.3, -0.25) is 9.89 Å². The number of rotatable bonds is 4. The number of aliphatic hydroxyl groups is 1. The van der Waals surface area contributed by atoms with E-state index in [9.17, 15) is 9.90 Å². The second-order valence-corrected chi connectivity index (χ2v) is 5.62. The van der Waals surface area contributed by atoms with Crippen LogP contribution in [0.2, 0.25) is 0 Å². The Morgan fingerprint density at radius 2 is 2.21 bits per heavy atom. The zero-order valence-electron chi connectivity index (χ0n) is 11.9. The van der Waals surface area contributed by atoms with Crippen molar-refractivity contribution in [1.82, 2.24) is 15.1 Å². The number of hydrogen-bond acceptors (Lipinski definition) is 3. The molecule has 1 amide bonds. The van der Waals surface area contributed by atoms with Crippen LogP contribution in [0.4, 0.5) is 0 Å². The zero-order valence-corrected chi connectivity index (χ0v) is 11.9. The lowest BCUT2D eigenvalue weighted by Crippen LogP contribution is -2.35. The van der Waals surface area contributed by atoms with Gasteiger partial charge in [0.05, 0.1) is 18.2 Å². The molecule has 1 aliphatic rings. The van der Waals surface area contributed by atoms with Gasteiger partial charge < -0.3 is 10.0 Å². The van der Waals surface area contributed by atoms with Crippen molar-refractivity contribution in [3.63, 3.8) is 0 Å². The fourth-order valence-electron chi connectivity index (χ4n) is 2.80. The maximum absolute atomic E-state index is 12.2. The van der Waals surface area contributed by atoms with Crippen molar-refractivity contribution < 1.29 is 9.90 Å². The first-order valence-electron chi connectivity index (χ1n) is 6.91. The van der Waals surface area contributed by atoms with Crippen molar-refractivity contribution in [3.8, 4) is 0 Å². The molecule has 0 bridgehead atoms. The fourth-order valence-corrected chi connectivity index (χ4v) is 2.80. The van der Waals surface area contributed by atoms with Crippen molar-refractivity contribution in [2.45, 2.75) is 45.6 Å². The number of aryl methyl sites for hydroxylation is 2. The van der Waals surface area contributed by atoms with Crippen LogP contribution in [-0.4, -0.2) is 45.8 Å². The van der Waals surface area contributed by atoms with Crippen LogP contribution in [0.3, 0.4) is 0 Å². The van der Waals surface area contributed by atoms with Gasteiger partial charge in [-0.25, -0.2) is 0 Å². The highest BCUT2D eigenvalue weighted by atomic mass is 16.3. The summed E-state index contributed by atoms with van der Waals surface area (Å²) in [6, 6.07) is 0. The van der Waals surface area contributed by atoms with Crippen molar-refractivity contribution in [3.05, 3.63) is 17.0 Å². The lowest BCUT2D eigenvalue weighted by atomic mass is 10.0. The number of nitrogens with one attached hydrogen (secondary N) is 1. The third kappa shape index (κ3) is 3.15. The number of aliphatic hydroxyl groups excluding tert-OH is 1. The second kappa shape index (κ2) is 5.74. The van der Waals surface area contributed by atoms with Crippen molar-refractivity contribution >= 4 is 5.91 Å². The molecule has 0 radical (unpaired) electrons. The second-order valence-electron chi connectivity index (χ2n) is 5.62. The van der Waals surface area contributed by atoms with E-state index in [0.29, 0.717) is 13.0 Å². The fraction of sp³-hybridized carbons (Fsp3) is 0.714. The molecule has 0 aromatic carbocycles. The molecule has 0 spiro atoms. The molecule has 1 aliphatic carbocycles. The molecule has 0 aliphatic heterocycles. The van der Waals surface area contributed by atoms with Crippen LogP contribution in [0.15, 0.2) is 0 Å². The average molecular weight is 265 g/mol. The highest BCUT2D eigenvalue weighted by Gasteiger charge is 2.27. The van der Waals surface area contributed by atoms with Crippen LogP contribution in [0.1, 0.15) is 36.2 Å². The topological polar surface area (TPSA) is 69.2 Å². The van der Waals surface area contributed by atoms with Crippen LogP contribution >= 0.6 is 0 Å². The molecular weight excluding hydrogens is 242 g/mol. The molecule has 5 nitrogen and oxygen atoms in total. The van der Waals surface area contributed by atoms with Crippen LogP contribution < -0.4 is 0 Å².